The fraction of sp³-hybridized carbons (Fsp3) is 0.417. The van der Waals surface area contributed by atoms with Gasteiger partial charge in [-0.2, -0.15) is 11.8 Å². The lowest BCUT2D eigenvalue weighted by molar-refractivity contribution is 0.0944. The smallest absolute Gasteiger partial charge is 0.251 e. The van der Waals surface area contributed by atoms with E-state index in [-0.39, 0.29) is 11.9 Å². The molecule has 0 saturated heterocycles. The highest BCUT2D eigenvalue weighted by Gasteiger charge is 2.13. The Labute approximate surface area is 121 Å². The van der Waals surface area contributed by atoms with Gasteiger partial charge in [0.15, 0.2) is 0 Å². The van der Waals surface area contributed by atoms with Crippen molar-refractivity contribution in [2.24, 2.45) is 0 Å². The fourth-order valence-corrected chi connectivity index (χ4v) is 2.52. The number of hydrogen-bond donors (Lipinski definition) is 2. The van der Waals surface area contributed by atoms with Crippen LogP contribution in [0.2, 0.25) is 10.0 Å². The molecule has 0 aliphatic heterocycles. The molecule has 6 heteroatoms. The topological polar surface area (TPSA) is 55.1 Å². The van der Waals surface area contributed by atoms with Crippen LogP contribution in [0.25, 0.3) is 0 Å². The van der Waals surface area contributed by atoms with Crippen LogP contribution in [0.5, 0.6) is 0 Å². The Morgan fingerprint density at radius 1 is 1.44 bits per heavy atom. The summed E-state index contributed by atoms with van der Waals surface area (Å²) in [7, 11) is 0. The zero-order chi connectivity index (χ0) is 13.7. The van der Waals surface area contributed by atoms with Crippen molar-refractivity contribution in [2.45, 2.75) is 19.9 Å². The number of halogens is 2. The van der Waals surface area contributed by atoms with Gasteiger partial charge in [-0.25, -0.2) is 0 Å². The number of anilines is 1. The molecule has 1 rings (SSSR count). The third-order valence-electron chi connectivity index (χ3n) is 2.29. The first-order valence-electron chi connectivity index (χ1n) is 5.58. The van der Waals surface area contributed by atoms with Crippen molar-refractivity contribution >= 4 is 46.6 Å². The van der Waals surface area contributed by atoms with E-state index in [0.717, 1.165) is 11.5 Å². The summed E-state index contributed by atoms with van der Waals surface area (Å²) in [6.45, 7) is 4.04. The lowest BCUT2D eigenvalue weighted by Crippen LogP contribution is -2.34. The maximum atomic E-state index is 12.0. The number of thioether (sulfide) groups is 1. The highest BCUT2D eigenvalue weighted by atomic mass is 35.5. The number of nitrogens with two attached hydrogens (primary N) is 1. The summed E-state index contributed by atoms with van der Waals surface area (Å²) in [6, 6.07) is 3.15. The number of benzene rings is 1. The molecule has 0 radical (unpaired) electrons. The van der Waals surface area contributed by atoms with Gasteiger partial charge in [-0.15, -0.1) is 0 Å². The highest BCUT2D eigenvalue weighted by molar-refractivity contribution is 7.99. The van der Waals surface area contributed by atoms with Gasteiger partial charge in [-0.1, -0.05) is 30.1 Å². The Morgan fingerprint density at radius 3 is 2.50 bits per heavy atom. The maximum Gasteiger partial charge on any atom is 0.251 e. The summed E-state index contributed by atoms with van der Waals surface area (Å²) >= 11 is 13.6. The highest BCUT2D eigenvalue weighted by Crippen LogP contribution is 2.28. The minimum absolute atomic E-state index is 0.0950. The molecule has 0 aliphatic rings. The lowest BCUT2D eigenvalue weighted by Gasteiger charge is -2.14. The largest absolute Gasteiger partial charge is 0.396 e. The molecule has 1 atom stereocenters. The molecule has 0 fully saturated rings. The number of carbonyl (C=O) groups excluding carboxylic acids is 1. The van der Waals surface area contributed by atoms with Crippen LogP contribution in [-0.4, -0.2) is 23.5 Å². The Bertz CT molecular complexity index is 417. The van der Waals surface area contributed by atoms with E-state index in [2.05, 4.69) is 12.2 Å². The molecule has 100 valence electrons. The maximum absolute atomic E-state index is 12.0. The van der Waals surface area contributed by atoms with Gasteiger partial charge in [0.2, 0.25) is 0 Å². The Kier molecular flexibility index (Phi) is 6.12. The molecule has 3 N–H and O–H groups in total. The number of carbonyl (C=O) groups is 1. The summed E-state index contributed by atoms with van der Waals surface area (Å²) in [5.74, 6) is 1.71. The third kappa shape index (κ3) is 4.26. The second-order valence-electron chi connectivity index (χ2n) is 3.89. The van der Waals surface area contributed by atoms with Gasteiger partial charge in [-0.05, 0) is 24.8 Å². The first-order valence-corrected chi connectivity index (χ1v) is 7.49. The molecule has 0 aromatic heterocycles. The van der Waals surface area contributed by atoms with Crippen LogP contribution in [0.15, 0.2) is 12.1 Å². The summed E-state index contributed by atoms with van der Waals surface area (Å²) in [5, 5.41) is 3.48. The summed E-state index contributed by atoms with van der Waals surface area (Å²) in [4.78, 5) is 12.0. The van der Waals surface area contributed by atoms with E-state index in [0.29, 0.717) is 21.3 Å². The molecule has 1 aromatic carbocycles. The van der Waals surface area contributed by atoms with Crippen LogP contribution in [0.3, 0.4) is 0 Å². The molecular formula is C12H16Cl2N2OS. The van der Waals surface area contributed by atoms with Gasteiger partial charge in [0.25, 0.3) is 5.91 Å². The van der Waals surface area contributed by atoms with Gasteiger partial charge in [0.1, 0.15) is 0 Å². The summed E-state index contributed by atoms with van der Waals surface area (Å²) < 4.78 is 0. The van der Waals surface area contributed by atoms with Crippen molar-refractivity contribution in [2.75, 3.05) is 17.2 Å². The lowest BCUT2D eigenvalue weighted by atomic mass is 10.2. The van der Waals surface area contributed by atoms with Gasteiger partial charge in [0, 0.05) is 17.4 Å². The van der Waals surface area contributed by atoms with E-state index in [1.54, 1.807) is 11.8 Å². The number of nitrogen functional groups attached to an aromatic ring is 1. The standard InChI is InChI=1S/C12H16Cl2N2OS/c1-3-18-6-7(2)16-12(17)8-4-9(13)11(15)10(14)5-8/h4-5,7H,3,6,15H2,1-2H3,(H,16,17). The molecule has 0 spiro atoms. The van der Waals surface area contributed by atoms with Crippen molar-refractivity contribution < 1.29 is 4.79 Å². The molecule has 0 aliphatic carbocycles. The first-order chi connectivity index (χ1) is 8.45. The Balaban J connectivity index is 2.73. The molecule has 1 amide bonds. The van der Waals surface area contributed by atoms with Crippen LogP contribution in [0.1, 0.15) is 24.2 Å². The van der Waals surface area contributed by atoms with Crippen molar-refractivity contribution in [3.8, 4) is 0 Å². The molecule has 1 aromatic rings. The van der Waals surface area contributed by atoms with E-state index in [9.17, 15) is 4.79 Å². The normalized spacial score (nSPS) is 12.2. The molecule has 0 saturated carbocycles. The van der Waals surface area contributed by atoms with E-state index in [4.69, 9.17) is 28.9 Å². The van der Waals surface area contributed by atoms with Crippen molar-refractivity contribution in [3.63, 3.8) is 0 Å². The number of nitrogens with one attached hydrogen (secondary N) is 1. The van der Waals surface area contributed by atoms with E-state index in [1.165, 1.54) is 12.1 Å². The van der Waals surface area contributed by atoms with Crippen molar-refractivity contribution in [3.05, 3.63) is 27.7 Å². The fourth-order valence-electron chi connectivity index (χ4n) is 1.36. The van der Waals surface area contributed by atoms with Crippen LogP contribution >= 0.6 is 35.0 Å². The predicted octanol–water partition coefficient (Wildman–Crippen LogP) is 3.45. The van der Waals surface area contributed by atoms with E-state index in [1.807, 2.05) is 6.92 Å². The third-order valence-corrected chi connectivity index (χ3v) is 4.06. The van der Waals surface area contributed by atoms with E-state index >= 15 is 0 Å². The zero-order valence-electron chi connectivity index (χ0n) is 10.3. The van der Waals surface area contributed by atoms with Crippen LogP contribution in [0, 0.1) is 0 Å². The van der Waals surface area contributed by atoms with Gasteiger partial charge < -0.3 is 11.1 Å². The van der Waals surface area contributed by atoms with Gasteiger partial charge >= 0.3 is 0 Å². The molecule has 0 bridgehead atoms. The molecular weight excluding hydrogens is 291 g/mol. The summed E-state index contributed by atoms with van der Waals surface area (Å²) in [6.07, 6.45) is 0. The van der Waals surface area contributed by atoms with Crippen molar-refractivity contribution in [1.29, 1.82) is 0 Å². The average molecular weight is 307 g/mol. The first kappa shape index (κ1) is 15.5. The van der Waals surface area contributed by atoms with Gasteiger partial charge in [-0.3, -0.25) is 4.79 Å². The van der Waals surface area contributed by atoms with Gasteiger partial charge in [0.05, 0.1) is 15.7 Å². The SMILES string of the molecule is CCSCC(C)NC(=O)c1cc(Cl)c(N)c(Cl)c1. The predicted molar refractivity (Wildman–Crippen MR) is 80.8 cm³/mol. The average Bonchev–Trinajstić information content (AvgIpc) is 2.32. The molecule has 1 unspecified atom stereocenters. The summed E-state index contributed by atoms with van der Waals surface area (Å²) in [5.41, 5.74) is 6.34. The molecule has 3 nitrogen and oxygen atoms in total. The minimum atomic E-state index is -0.192. The Morgan fingerprint density at radius 2 is 2.00 bits per heavy atom. The van der Waals surface area contributed by atoms with Crippen molar-refractivity contribution in [1.82, 2.24) is 5.32 Å². The molecule has 0 heterocycles. The van der Waals surface area contributed by atoms with Crippen LogP contribution in [-0.2, 0) is 0 Å². The number of amides is 1. The number of rotatable bonds is 5. The quantitative estimate of drug-likeness (QED) is 0.819. The zero-order valence-corrected chi connectivity index (χ0v) is 12.6. The second-order valence-corrected chi connectivity index (χ2v) is 6.02. The molecule has 18 heavy (non-hydrogen) atoms. The Hall–Kier alpha value is -0.580. The van der Waals surface area contributed by atoms with Crippen LogP contribution < -0.4 is 11.1 Å². The van der Waals surface area contributed by atoms with E-state index < -0.39 is 0 Å². The minimum Gasteiger partial charge on any atom is -0.396 e. The monoisotopic (exact) mass is 306 g/mol. The second kappa shape index (κ2) is 7.12. The number of hydrogen-bond acceptors (Lipinski definition) is 3. The van der Waals surface area contributed by atoms with Crippen LogP contribution in [0.4, 0.5) is 5.69 Å².